The molecule has 106 valence electrons. The van der Waals surface area contributed by atoms with Crippen molar-refractivity contribution in [2.75, 3.05) is 23.8 Å². The number of hydrogen-bond acceptors (Lipinski definition) is 5. The summed E-state index contributed by atoms with van der Waals surface area (Å²) in [6, 6.07) is 6.03. The van der Waals surface area contributed by atoms with Crippen LogP contribution < -0.4 is 10.2 Å². The Bertz CT molecular complexity index is 541. The van der Waals surface area contributed by atoms with Crippen molar-refractivity contribution >= 4 is 11.8 Å². The number of anilines is 2. The molecule has 5 nitrogen and oxygen atoms in total. The zero-order valence-electron chi connectivity index (χ0n) is 12.3. The average molecular weight is 271 g/mol. The van der Waals surface area contributed by atoms with Gasteiger partial charge in [-0.25, -0.2) is 4.98 Å². The molecule has 2 aromatic heterocycles. The van der Waals surface area contributed by atoms with E-state index in [-0.39, 0.29) is 0 Å². The number of hydrogen-bond donors (Lipinski definition) is 1. The Hall–Kier alpha value is -2.17. The van der Waals surface area contributed by atoms with E-state index >= 15 is 0 Å². The molecule has 0 aliphatic heterocycles. The summed E-state index contributed by atoms with van der Waals surface area (Å²) < 4.78 is 0. The Balaban J connectivity index is 2.12. The molecule has 2 heterocycles. The third-order valence-electron chi connectivity index (χ3n) is 2.93. The van der Waals surface area contributed by atoms with Gasteiger partial charge in [0.05, 0.1) is 0 Å². The minimum atomic E-state index is 0.698. The maximum absolute atomic E-state index is 4.56. The fourth-order valence-corrected chi connectivity index (χ4v) is 1.91. The first kappa shape index (κ1) is 14.2. The monoisotopic (exact) mass is 271 g/mol. The Morgan fingerprint density at radius 2 is 1.95 bits per heavy atom. The van der Waals surface area contributed by atoms with E-state index in [1.165, 1.54) is 5.56 Å². The van der Waals surface area contributed by atoms with Crippen LogP contribution in [0, 0.1) is 6.92 Å². The van der Waals surface area contributed by atoms with Gasteiger partial charge in [0.2, 0.25) is 5.95 Å². The van der Waals surface area contributed by atoms with Crippen molar-refractivity contribution in [3.05, 3.63) is 41.9 Å². The summed E-state index contributed by atoms with van der Waals surface area (Å²) in [6.07, 6.45) is 4.67. The van der Waals surface area contributed by atoms with Gasteiger partial charge in [-0.2, -0.15) is 4.98 Å². The number of aromatic nitrogens is 3. The van der Waals surface area contributed by atoms with Gasteiger partial charge >= 0.3 is 0 Å². The standard InChI is InChI=1S/C15H21N5/c1-4-7-17-15-18-12(2)10-14(19-15)20(3)11-13-5-8-16-9-6-13/h5-6,8-10H,4,7,11H2,1-3H3,(H,17,18,19). The van der Waals surface area contributed by atoms with Gasteiger partial charge in [-0.05, 0) is 31.0 Å². The van der Waals surface area contributed by atoms with Gasteiger partial charge in [-0.1, -0.05) is 6.92 Å². The lowest BCUT2D eigenvalue weighted by atomic mass is 10.2. The van der Waals surface area contributed by atoms with E-state index in [0.717, 1.165) is 31.0 Å². The van der Waals surface area contributed by atoms with Crippen LogP contribution in [0.2, 0.25) is 0 Å². The first-order chi connectivity index (χ1) is 9.69. The SMILES string of the molecule is CCCNc1nc(C)cc(N(C)Cc2ccncc2)n1. The molecule has 5 heteroatoms. The number of aryl methyl sites for hydroxylation is 1. The van der Waals surface area contributed by atoms with Crippen molar-refractivity contribution in [2.45, 2.75) is 26.8 Å². The lowest BCUT2D eigenvalue weighted by Gasteiger charge is -2.19. The summed E-state index contributed by atoms with van der Waals surface area (Å²) in [4.78, 5) is 15.1. The third-order valence-corrected chi connectivity index (χ3v) is 2.93. The number of nitrogens with one attached hydrogen (secondary N) is 1. The molecule has 0 radical (unpaired) electrons. The van der Waals surface area contributed by atoms with E-state index in [2.05, 4.69) is 32.1 Å². The van der Waals surface area contributed by atoms with Crippen LogP contribution in [0.25, 0.3) is 0 Å². The summed E-state index contributed by atoms with van der Waals surface area (Å²) >= 11 is 0. The average Bonchev–Trinajstić information content (AvgIpc) is 2.45. The summed E-state index contributed by atoms with van der Waals surface area (Å²) in [5.74, 6) is 1.62. The van der Waals surface area contributed by atoms with Gasteiger partial charge in [0.15, 0.2) is 0 Å². The molecule has 0 aliphatic rings. The Morgan fingerprint density at radius 3 is 2.65 bits per heavy atom. The quantitative estimate of drug-likeness (QED) is 0.875. The third kappa shape index (κ3) is 3.91. The van der Waals surface area contributed by atoms with Crippen LogP contribution in [0.3, 0.4) is 0 Å². The summed E-state index contributed by atoms with van der Waals surface area (Å²) in [6.45, 7) is 5.80. The highest BCUT2D eigenvalue weighted by Crippen LogP contribution is 2.15. The minimum absolute atomic E-state index is 0.698. The van der Waals surface area contributed by atoms with Crippen LogP contribution in [0.1, 0.15) is 24.6 Å². The lowest BCUT2D eigenvalue weighted by molar-refractivity contribution is 0.877. The van der Waals surface area contributed by atoms with E-state index in [1.54, 1.807) is 0 Å². The van der Waals surface area contributed by atoms with Crippen LogP contribution in [0.4, 0.5) is 11.8 Å². The Kier molecular flexibility index (Phi) is 4.87. The van der Waals surface area contributed by atoms with Crippen molar-refractivity contribution in [1.29, 1.82) is 0 Å². The topological polar surface area (TPSA) is 53.9 Å². The Morgan fingerprint density at radius 1 is 1.20 bits per heavy atom. The van der Waals surface area contributed by atoms with Crippen molar-refractivity contribution < 1.29 is 0 Å². The molecule has 0 saturated heterocycles. The van der Waals surface area contributed by atoms with Crippen LogP contribution in [0.15, 0.2) is 30.6 Å². The second-order valence-electron chi connectivity index (χ2n) is 4.83. The maximum atomic E-state index is 4.56. The first-order valence-corrected chi connectivity index (χ1v) is 6.88. The van der Waals surface area contributed by atoms with E-state index in [1.807, 2.05) is 44.6 Å². The number of rotatable bonds is 6. The van der Waals surface area contributed by atoms with E-state index in [4.69, 9.17) is 0 Å². The largest absolute Gasteiger partial charge is 0.355 e. The molecular formula is C15H21N5. The molecular weight excluding hydrogens is 250 g/mol. The number of nitrogens with zero attached hydrogens (tertiary/aromatic N) is 4. The van der Waals surface area contributed by atoms with Crippen LogP contribution >= 0.6 is 0 Å². The molecule has 0 unspecified atom stereocenters. The molecule has 0 atom stereocenters. The summed E-state index contributed by atoms with van der Waals surface area (Å²) in [5.41, 5.74) is 2.18. The summed E-state index contributed by atoms with van der Waals surface area (Å²) in [7, 11) is 2.03. The smallest absolute Gasteiger partial charge is 0.224 e. The molecule has 0 aliphatic carbocycles. The molecule has 0 bridgehead atoms. The predicted octanol–water partition coefficient (Wildman–Crippen LogP) is 2.64. The van der Waals surface area contributed by atoms with Crippen LogP contribution in [-0.4, -0.2) is 28.5 Å². The zero-order valence-corrected chi connectivity index (χ0v) is 12.3. The molecule has 0 spiro atoms. The highest BCUT2D eigenvalue weighted by atomic mass is 15.2. The van der Waals surface area contributed by atoms with Crippen molar-refractivity contribution in [3.8, 4) is 0 Å². The number of pyridine rings is 1. The van der Waals surface area contributed by atoms with E-state index < -0.39 is 0 Å². The molecule has 1 N–H and O–H groups in total. The predicted molar refractivity (Wildman–Crippen MR) is 81.9 cm³/mol. The van der Waals surface area contributed by atoms with Gasteiger partial charge in [-0.15, -0.1) is 0 Å². The normalized spacial score (nSPS) is 10.3. The molecule has 0 aromatic carbocycles. The van der Waals surface area contributed by atoms with Gasteiger partial charge in [0.25, 0.3) is 0 Å². The van der Waals surface area contributed by atoms with Crippen molar-refractivity contribution in [3.63, 3.8) is 0 Å². The second kappa shape index (κ2) is 6.84. The lowest BCUT2D eigenvalue weighted by Crippen LogP contribution is -2.19. The highest BCUT2D eigenvalue weighted by Gasteiger charge is 2.07. The molecule has 0 fully saturated rings. The van der Waals surface area contributed by atoms with Gasteiger partial charge < -0.3 is 10.2 Å². The molecule has 20 heavy (non-hydrogen) atoms. The fraction of sp³-hybridized carbons (Fsp3) is 0.400. The van der Waals surface area contributed by atoms with Gasteiger partial charge in [0, 0.05) is 44.3 Å². The van der Waals surface area contributed by atoms with E-state index in [9.17, 15) is 0 Å². The molecule has 2 rings (SSSR count). The first-order valence-electron chi connectivity index (χ1n) is 6.88. The van der Waals surface area contributed by atoms with E-state index in [0.29, 0.717) is 5.95 Å². The second-order valence-corrected chi connectivity index (χ2v) is 4.83. The molecule has 2 aromatic rings. The molecule has 0 saturated carbocycles. The molecule has 0 amide bonds. The Labute approximate surface area is 120 Å². The van der Waals surface area contributed by atoms with Crippen LogP contribution in [-0.2, 0) is 6.54 Å². The maximum Gasteiger partial charge on any atom is 0.224 e. The van der Waals surface area contributed by atoms with Crippen LogP contribution in [0.5, 0.6) is 0 Å². The van der Waals surface area contributed by atoms with Gasteiger partial charge in [0.1, 0.15) is 5.82 Å². The zero-order chi connectivity index (χ0) is 14.4. The summed E-state index contributed by atoms with van der Waals surface area (Å²) in [5, 5.41) is 3.24. The fourth-order valence-electron chi connectivity index (χ4n) is 1.91. The van der Waals surface area contributed by atoms with Crippen molar-refractivity contribution in [1.82, 2.24) is 15.0 Å². The minimum Gasteiger partial charge on any atom is -0.355 e. The van der Waals surface area contributed by atoms with Gasteiger partial charge in [-0.3, -0.25) is 4.98 Å². The van der Waals surface area contributed by atoms with Crippen molar-refractivity contribution in [2.24, 2.45) is 0 Å². The highest BCUT2D eigenvalue weighted by molar-refractivity contribution is 5.44.